The number of aliphatic hydroxyl groups is 1. The predicted octanol–water partition coefficient (Wildman–Crippen LogP) is 1.99. The van der Waals surface area contributed by atoms with Crippen LogP contribution in [-0.2, 0) is 6.54 Å². The number of aliphatic hydroxyl groups excluding tert-OH is 1. The Morgan fingerprint density at radius 1 is 1.50 bits per heavy atom. The molecule has 1 atom stereocenters. The van der Waals surface area contributed by atoms with E-state index in [2.05, 4.69) is 20.8 Å². The third kappa shape index (κ3) is 2.97. The van der Waals surface area contributed by atoms with E-state index in [1.165, 1.54) is 5.56 Å². The Bertz CT molecular complexity index is 370. The van der Waals surface area contributed by atoms with Crippen molar-refractivity contribution < 1.29 is 5.11 Å². The van der Waals surface area contributed by atoms with Gasteiger partial charge >= 0.3 is 0 Å². The molecule has 2 rings (SSSR count). The first-order chi connectivity index (χ1) is 7.65. The van der Waals surface area contributed by atoms with Crippen molar-refractivity contribution in [3.05, 3.63) is 28.2 Å². The van der Waals surface area contributed by atoms with Crippen LogP contribution in [0.15, 0.2) is 22.7 Å². The molecule has 1 saturated heterocycles. The highest BCUT2D eigenvalue weighted by molar-refractivity contribution is 9.10. The molecule has 0 amide bonds. The van der Waals surface area contributed by atoms with Crippen molar-refractivity contribution in [3.63, 3.8) is 0 Å². The maximum atomic E-state index is 9.60. The van der Waals surface area contributed by atoms with Gasteiger partial charge in [0.05, 0.1) is 6.10 Å². The number of likely N-dealkylation sites (tertiary alicyclic amines) is 1. The van der Waals surface area contributed by atoms with Crippen LogP contribution in [0.5, 0.6) is 0 Å². The molecule has 0 aromatic heterocycles. The van der Waals surface area contributed by atoms with Gasteiger partial charge in [0.1, 0.15) is 0 Å². The van der Waals surface area contributed by atoms with Crippen LogP contribution in [0.3, 0.4) is 0 Å². The van der Waals surface area contributed by atoms with Crippen molar-refractivity contribution in [3.8, 4) is 0 Å². The molecule has 1 aromatic carbocycles. The van der Waals surface area contributed by atoms with E-state index in [9.17, 15) is 5.11 Å². The van der Waals surface area contributed by atoms with Crippen LogP contribution in [0.25, 0.3) is 0 Å². The van der Waals surface area contributed by atoms with Gasteiger partial charge in [-0.05, 0) is 37.1 Å². The number of halogens is 1. The summed E-state index contributed by atoms with van der Waals surface area (Å²) in [6.07, 6.45) is 1.84. The van der Waals surface area contributed by atoms with E-state index >= 15 is 0 Å². The number of rotatable bonds is 2. The quantitative estimate of drug-likeness (QED) is 0.817. The number of piperidine rings is 1. The van der Waals surface area contributed by atoms with Gasteiger partial charge in [-0.25, -0.2) is 0 Å². The normalized spacial score (nSPS) is 22.2. The minimum Gasteiger partial charge on any atom is -0.399 e. The SMILES string of the molecule is Nc1ccc(CN2CCCC(O)C2)c(Br)c1. The summed E-state index contributed by atoms with van der Waals surface area (Å²) in [5.74, 6) is 0. The molecule has 4 heteroatoms. The van der Waals surface area contributed by atoms with Crippen molar-refractivity contribution in [2.75, 3.05) is 18.8 Å². The third-order valence-corrected chi connectivity index (χ3v) is 3.69. The Balaban J connectivity index is 2.02. The summed E-state index contributed by atoms with van der Waals surface area (Å²) in [7, 11) is 0. The molecule has 16 heavy (non-hydrogen) atoms. The van der Waals surface area contributed by atoms with Gasteiger partial charge in [0.15, 0.2) is 0 Å². The molecule has 88 valence electrons. The maximum Gasteiger partial charge on any atom is 0.0667 e. The van der Waals surface area contributed by atoms with Crippen LogP contribution < -0.4 is 5.73 Å². The Kier molecular flexibility index (Phi) is 3.84. The standard InChI is InChI=1S/C12H17BrN2O/c13-12-6-10(14)4-3-9(12)7-15-5-1-2-11(16)8-15/h3-4,6,11,16H,1-2,5,7-8,14H2. The fourth-order valence-corrected chi connectivity index (χ4v) is 2.63. The average molecular weight is 285 g/mol. The van der Waals surface area contributed by atoms with Crippen LogP contribution in [0, 0.1) is 0 Å². The van der Waals surface area contributed by atoms with E-state index in [4.69, 9.17) is 5.73 Å². The maximum absolute atomic E-state index is 9.60. The molecular weight excluding hydrogens is 268 g/mol. The van der Waals surface area contributed by atoms with Crippen molar-refractivity contribution in [2.45, 2.75) is 25.5 Å². The summed E-state index contributed by atoms with van der Waals surface area (Å²) in [5, 5.41) is 9.60. The summed E-state index contributed by atoms with van der Waals surface area (Å²) in [4.78, 5) is 2.28. The van der Waals surface area contributed by atoms with Crippen molar-refractivity contribution >= 4 is 21.6 Å². The van der Waals surface area contributed by atoms with E-state index in [1.54, 1.807) is 0 Å². The molecule has 0 saturated carbocycles. The van der Waals surface area contributed by atoms with Crippen molar-refractivity contribution in [2.24, 2.45) is 0 Å². The second-order valence-electron chi connectivity index (χ2n) is 4.38. The Hall–Kier alpha value is -0.580. The molecule has 3 N–H and O–H groups in total. The van der Waals surface area contributed by atoms with Gasteiger partial charge in [-0.2, -0.15) is 0 Å². The highest BCUT2D eigenvalue weighted by Gasteiger charge is 2.18. The predicted molar refractivity (Wildman–Crippen MR) is 69.1 cm³/mol. The summed E-state index contributed by atoms with van der Waals surface area (Å²) in [6, 6.07) is 5.89. The zero-order valence-corrected chi connectivity index (χ0v) is 10.8. The molecule has 0 spiro atoms. The van der Waals surface area contributed by atoms with Gasteiger partial charge in [0.2, 0.25) is 0 Å². The van der Waals surface area contributed by atoms with Crippen molar-refractivity contribution in [1.82, 2.24) is 4.90 Å². The molecular formula is C12H17BrN2O. The van der Waals surface area contributed by atoms with Gasteiger partial charge < -0.3 is 10.8 Å². The molecule has 1 aliphatic heterocycles. The summed E-state index contributed by atoms with van der Waals surface area (Å²) >= 11 is 3.52. The Morgan fingerprint density at radius 2 is 2.31 bits per heavy atom. The monoisotopic (exact) mass is 284 g/mol. The van der Waals surface area contributed by atoms with Crippen LogP contribution >= 0.6 is 15.9 Å². The Morgan fingerprint density at radius 3 is 3.00 bits per heavy atom. The highest BCUT2D eigenvalue weighted by Crippen LogP contribution is 2.22. The van der Waals surface area contributed by atoms with E-state index in [-0.39, 0.29) is 6.10 Å². The topological polar surface area (TPSA) is 49.5 Å². The highest BCUT2D eigenvalue weighted by atomic mass is 79.9. The number of nitrogen functional groups attached to an aromatic ring is 1. The first-order valence-electron chi connectivity index (χ1n) is 5.59. The van der Waals surface area contributed by atoms with Gasteiger partial charge in [-0.1, -0.05) is 22.0 Å². The second-order valence-corrected chi connectivity index (χ2v) is 5.24. The number of benzene rings is 1. The lowest BCUT2D eigenvalue weighted by molar-refractivity contribution is 0.0667. The molecule has 1 aromatic rings. The number of anilines is 1. The van der Waals surface area contributed by atoms with Gasteiger partial charge in [0, 0.05) is 23.2 Å². The van der Waals surface area contributed by atoms with E-state index < -0.39 is 0 Å². The zero-order valence-electron chi connectivity index (χ0n) is 9.19. The number of nitrogens with zero attached hydrogens (tertiary/aromatic N) is 1. The van der Waals surface area contributed by atoms with Crippen LogP contribution in [0.4, 0.5) is 5.69 Å². The smallest absolute Gasteiger partial charge is 0.0667 e. The molecule has 1 aliphatic rings. The summed E-state index contributed by atoms with van der Waals surface area (Å²) in [6.45, 7) is 2.71. The minimum absolute atomic E-state index is 0.165. The average Bonchev–Trinajstić information content (AvgIpc) is 2.22. The summed E-state index contributed by atoms with van der Waals surface area (Å²) < 4.78 is 1.05. The largest absolute Gasteiger partial charge is 0.399 e. The Labute approximate surface area is 104 Å². The number of nitrogens with two attached hydrogens (primary N) is 1. The number of β-amino-alcohol motifs (C(OH)–C–C–N with tert-alkyl or cyclic N) is 1. The van der Waals surface area contributed by atoms with Gasteiger partial charge in [-0.15, -0.1) is 0 Å². The van der Waals surface area contributed by atoms with Crippen LogP contribution in [0.1, 0.15) is 18.4 Å². The van der Waals surface area contributed by atoms with E-state index in [0.29, 0.717) is 0 Å². The third-order valence-electron chi connectivity index (χ3n) is 2.95. The fraction of sp³-hybridized carbons (Fsp3) is 0.500. The fourth-order valence-electron chi connectivity index (χ4n) is 2.11. The lowest BCUT2D eigenvalue weighted by atomic mass is 10.1. The van der Waals surface area contributed by atoms with E-state index in [0.717, 1.165) is 42.6 Å². The first-order valence-corrected chi connectivity index (χ1v) is 6.39. The molecule has 1 unspecified atom stereocenters. The van der Waals surface area contributed by atoms with Crippen molar-refractivity contribution in [1.29, 1.82) is 0 Å². The minimum atomic E-state index is -0.165. The lowest BCUT2D eigenvalue weighted by Crippen LogP contribution is -2.37. The molecule has 0 aliphatic carbocycles. The molecule has 3 nitrogen and oxygen atoms in total. The molecule has 0 bridgehead atoms. The number of hydrogen-bond acceptors (Lipinski definition) is 3. The molecule has 1 fully saturated rings. The van der Waals surface area contributed by atoms with Gasteiger partial charge in [-0.3, -0.25) is 4.90 Å². The zero-order chi connectivity index (χ0) is 11.5. The van der Waals surface area contributed by atoms with Crippen LogP contribution in [0.2, 0.25) is 0 Å². The summed E-state index contributed by atoms with van der Waals surface area (Å²) in [5.41, 5.74) is 7.70. The molecule has 0 radical (unpaired) electrons. The first kappa shape index (κ1) is 11.9. The second kappa shape index (κ2) is 5.17. The van der Waals surface area contributed by atoms with E-state index in [1.807, 2.05) is 18.2 Å². The number of hydrogen-bond donors (Lipinski definition) is 2. The molecule has 1 heterocycles. The van der Waals surface area contributed by atoms with Crippen LogP contribution in [-0.4, -0.2) is 29.2 Å². The lowest BCUT2D eigenvalue weighted by Gasteiger charge is -2.30. The van der Waals surface area contributed by atoms with Gasteiger partial charge in [0.25, 0.3) is 0 Å².